The number of hydrogen-bond donors (Lipinski definition) is 0. The molecule has 0 spiro atoms. The van der Waals surface area contributed by atoms with Gasteiger partial charge in [-0.05, 0) is 24.3 Å². The third kappa shape index (κ3) is 2.87. The molecule has 15 heavy (non-hydrogen) atoms. The van der Waals surface area contributed by atoms with Crippen LogP contribution in [0, 0.1) is 12.3 Å². The lowest BCUT2D eigenvalue weighted by Gasteiger charge is -2.21. The lowest BCUT2D eigenvalue weighted by atomic mass is 10.2. The van der Waals surface area contributed by atoms with E-state index in [0.29, 0.717) is 0 Å². The van der Waals surface area contributed by atoms with E-state index in [1.54, 1.807) is 0 Å². The third-order valence-electron chi connectivity index (χ3n) is 2.37. The first kappa shape index (κ1) is 10.8. The van der Waals surface area contributed by atoms with Gasteiger partial charge in [0.1, 0.15) is 0 Å². The van der Waals surface area contributed by atoms with E-state index in [1.807, 2.05) is 33.7 Å². The number of rotatable bonds is 1. The summed E-state index contributed by atoms with van der Waals surface area (Å²) in [5, 5.41) is 0. The van der Waals surface area contributed by atoms with Gasteiger partial charge in [0.25, 0.3) is 0 Å². The fourth-order valence-electron chi connectivity index (χ4n) is 1.55. The molecule has 0 aliphatic carbocycles. The molecule has 1 aromatic rings. The van der Waals surface area contributed by atoms with E-state index >= 15 is 0 Å². The minimum Gasteiger partial charge on any atom is -0.370 e. The monoisotopic (exact) mass is 235 g/mol. The highest BCUT2D eigenvalue weighted by molar-refractivity contribution is 8.76. The van der Waals surface area contributed by atoms with Gasteiger partial charge in [-0.25, -0.2) is 0 Å². The Labute approximate surface area is 99.0 Å². The van der Waals surface area contributed by atoms with Gasteiger partial charge in [0.05, 0.1) is 0 Å². The van der Waals surface area contributed by atoms with Crippen LogP contribution in [0.1, 0.15) is 5.56 Å². The Hall–Kier alpha value is -0.720. The largest absolute Gasteiger partial charge is 0.370 e. The van der Waals surface area contributed by atoms with Crippen molar-refractivity contribution in [2.45, 2.75) is 0 Å². The van der Waals surface area contributed by atoms with E-state index in [2.05, 4.69) is 23.0 Å². The normalized spacial score (nSPS) is 16.9. The Bertz CT molecular complexity index is 345. The van der Waals surface area contributed by atoms with Gasteiger partial charge in [0.15, 0.2) is 0 Å². The summed E-state index contributed by atoms with van der Waals surface area (Å²) in [6.45, 7) is 2.26. The van der Waals surface area contributed by atoms with E-state index in [1.165, 1.54) is 17.2 Å². The van der Waals surface area contributed by atoms with Crippen molar-refractivity contribution < 1.29 is 0 Å². The second kappa shape index (κ2) is 5.39. The zero-order valence-corrected chi connectivity index (χ0v) is 10.1. The van der Waals surface area contributed by atoms with Gasteiger partial charge in [0, 0.05) is 35.8 Å². The van der Waals surface area contributed by atoms with Crippen LogP contribution in [0.2, 0.25) is 0 Å². The molecule has 1 saturated heterocycles. The summed E-state index contributed by atoms with van der Waals surface area (Å²) >= 11 is 0. The molecule has 0 N–H and O–H groups in total. The summed E-state index contributed by atoms with van der Waals surface area (Å²) < 4.78 is 0. The van der Waals surface area contributed by atoms with Crippen molar-refractivity contribution in [2.24, 2.45) is 0 Å². The van der Waals surface area contributed by atoms with Crippen LogP contribution in [-0.4, -0.2) is 24.6 Å². The highest BCUT2D eigenvalue weighted by Gasteiger charge is 2.09. The van der Waals surface area contributed by atoms with Gasteiger partial charge in [-0.3, -0.25) is 0 Å². The third-order valence-corrected chi connectivity index (χ3v) is 4.74. The predicted octanol–water partition coefficient (Wildman–Crippen LogP) is 2.87. The molecule has 0 atom stereocenters. The van der Waals surface area contributed by atoms with Gasteiger partial charge in [-0.15, -0.1) is 6.42 Å². The van der Waals surface area contributed by atoms with Gasteiger partial charge in [-0.1, -0.05) is 27.5 Å². The van der Waals surface area contributed by atoms with E-state index in [9.17, 15) is 0 Å². The molecule has 1 aliphatic rings. The molecular weight excluding hydrogens is 222 g/mol. The van der Waals surface area contributed by atoms with Crippen molar-refractivity contribution in [1.82, 2.24) is 0 Å². The Kier molecular flexibility index (Phi) is 3.87. The standard InChI is InChI=1S/C12H13NS2/c1-2-11-3-5-12(6-4-11)13-7-9-14-15-10-8-13/h1,3-6H,7-10H2. The Morgan fingerprint density at radius 1 is 1.07 bits per heavy atom. The van der Waals surface area contributed by atoms with Crippen molar-refractivity contribution in [3.8, 4) is 12.3 Å². The molecular formula is C12H13NS2. The number of terminal acetylenes is 1. The van der Waals surface area contributed by atoms with Crippen molar-refractivity contribution in [3.05, 3.63) is 29.8 Å². The molecule has 1 heterocycles. The van der Waals surface area contributed by atoms with Gasteiger partial charge in [0.2, 0.25) is 0 Å². The predicted molar refractivity (Wildman–Crippen MR) is 71.5 cm³/mol. The van der Waals surface area contributed by atoms with E-state index in [0.717, 1.165) is 18.7 Å². The molecule has 2 rings (SSSR count). The van der Waals surface area contributed by atoms with E-state index in [4.69, 9.17) is 6.42 Å². The minimum absolute atomic E-state index is 0.956. The van der Waals surface area contributed by atoms with Crippen LogP contribution in [0.5, 0.6) is 0 Å². The van der Waals surface area contributed by atoms with Gasteiger partial charge >= 0.3 is 0 Å². The van der Waals surface area contributed by atoms with Crippen LogP contribution in [0.25, 0.3) is 0 Å². The summed E-state index contributed by atoms with van der Waals surface area (Å²) in [6.07, 6.45) is 5.33. The number of anilines is 1. The molecule has 0 amide bonds. The maximum absolute atomic E-state index is 5.33. The number of hydrogen-bond acceptors (Lipinski definition) is 3. The highest BCUT2D eigenvalue weighted by atomic mass is 33.1. The quantitative estimate of drug-likeness (QED) is 0.544. The molecule has 0 radical (unpaired) electrons. The first-order valence-electron chi connectivity index (χ1n) is 4.96. The molecule has 0 bridgehead atoms. The van der Waals surface area contributed by atoms with Gasteiger partial charge in [-0.2, -0.15) is 0 Å². The lowest BCUT2D eigenvalue weighted by Crippen LogP contribution is -2.26. The molecule has 1 nitrogen and oxygen atoms in total. The first-order valence-corrected chi connectivity index (χ1v) is 7.45. The topological polar surface area (TPSA) is 3.24 Å². The maximum Gasteiger partial charge on any atom is 0.0367 e. The maximum atomic E-state index is 5.33. The lowest BCUT2D eigenvalue weighted by molar-refractivity contribution is 0.884. The average Bonchev–Trinajstić information content (AvgIpc) is 2.58. The summed E-state index contributed by atoms with van der Waals surface area (Å²) in [5.41, 5.74) is 2.24. The van der Waals surface area contributed by atoms with Crippen LogP contribution in [0.15, 0.2) is 24.3 Å². The van der Waals surface area contributed by atoms with Crippen molar-refractivity contribution >= 4 is 27.3 Å². The molecule has 3 heteroatoms. The number of benzene rings is 1. The van der Waals surface area contributed by atoms with E-state index in [-0.39, 0.29) is 0 Å². The molecule has 1 aromatic carbocycles. The Morgan fingerprint density at radius 3 is 2.20 bits per heavy atom. The summed E-state index contributed by atoms with van der Waals surface area (Å²) in [6, 6.07) is 8.27. The summed E-state index contributed by atoms with van der Waals surface area (Å²) in [4.78, 5) is 2.42. The Balaban J connectivity index is 2.10. The summed E-state index contributed by atoms with van der Waals surface area (Å²) in [7, 11) is 3.93. The SMILES string of the molecule is C#Cc1ccc(N2CCSSCC2)cc1. The minimum atomic E-state index is 0.956. The highest BCUT2D eigenvalue weighted by Crippen LogP contribution is 2.26. The molecule has 1 fully saturated rings. The zero-order valence-electron chi connectivity index (χ0n) is 8.48. The second-order valence-corrected chi connectivity index (χ2v) is 6.02. The van der Waals surface area contributed by atoms with Gasteiger partial charge < -0.3 is 4.90 Å². The van der Waals surface area contributed by atoms with Crippen LogP contribution in [0.4, 0.5) is 5.69 Å². The first-order chi connectivity index (χ1) is 7.40. The fourth-order valence-corrected chi connectivity index (χ4v) is 3.53. The van der Waals surface area contributed by atoms with Crippen LogP contribution >= 0.6 is 21.6 Å². The van der Waals surface area contributed by atoms with Crippen molar-refractivity contribution in [3.63, 3.8) is 0 Å². The molecule has 0 aromatic heterocycles. The molecule has 1 aliphatic heterocycles. The molecule has 78 valence electrons. The van der Waals surface area contributed by atoms with Crippen LogP contribution in [0.3, 0.4) is 0 Å². The Morgan fingerprint density at radius 2 is 1.67 bits per heavy atom. The van der Waals surface area contributed by atoms with Crippen molar-refractivity contribution in [2.75, 3.05) is 29.5 Å². The smallest absolute Gasteiger partial charge is 0.0367 e. The average molecular weight is 235 g/mol. The van der Waals surface area contributed by atoms with E-state index < -0.39 is 0 Å². The van der Waals surface area contributed by atoms with Crippen molar-refractivity contribution in [1.29, 1.82) is 0 Å². The summed E-state index contributed by atoms with van der Waals surface area (Å²) in [5.74, 6) is 5.03. The number of nitrogens with zero attached hydrogens (tertiary/aromatic N) is 1. The second-order valence-electron chi connectivity index (χ2n) is 3.32. The van der Waals surface area contributed by atoms with Crippen LogP contribution in [-0.2, 0) is 0 Å². The molecule has 0 unspecified atom stereocenters. The molecule has 0 saturated carbocycles. The van der Waals surface area contributed by atoms with Crippen LogP contribution < -0.4 is 4.90 Å². The fraction of sp³-hybridized carbons (Fsp3) is 0.333. The zero-order chi connectivity index (χ0) is 10.5.